The average Bonchev–Trinajstić information content (AvgIpc) is 2.88. The summed E-state index contributed by atoms with van der Waals surface area (Å²) in [4.78, 5) is 26.9. The molecule has 1 saturated heterocycles. The maximum atomic E-state index is 12.6. The molecule has 1 spiro atoms. The van der Waals surface area contributed by atoms with Gasteiger partial charge in [0.2, 0.25) is 5.91 Å². The first kappa shape index (κ1) is 11.0. The fraction of sp³-hybridized carbons (Fsp3) is 0.467. The molecular formula is C15H16N2O2. The van der Waals surface area contributed by atoms with Gasteiger partial charge in [0.1, 0.15) is 11.7 Å². The Morgan fingerprint density at radius 3 is 2.63 bits per heavy atom. The van der Waals surface area contributed by atoms with Gasteiger partial charge in [-0.25, -0.2) is 0 Å². The fourth-order valence-corrected chi connectivity index (χ4v) is 3.87. The van der Waals surface area contributed by atoms with Crippen LogP contribution in [-0.4, -0.2) is 22.3 Å². The third-order valence-electron chi connectivity index (χ3n) is 4.80. The van der Waals surface area contributed by atoms with Crippen molar-refractivity contribution >= 4 is 11.8 Å². The van der Waals surface area contributed by atoms with Crippen LogP contribution >= 0.6 is 0 Å². The van der Waals surface area contributed by atoms with Crippen molar-refractivity contribution in [2.45, 2.75) is 43.8 Å². The highest BCUT2D eigenvalue weighted by molar-refractivity contribution is 6.06. The fourth-order valence-electron chi connectivity index (χ4n) is 3.87. The van der Waals surface area contributed by atoms with E-state index >= 15 is 0 Å². The molecule has 2 amide bonds. The van der Waals surface area contributed by atoms with Crippen molar-refractivity contribution < 1.29 is 9.59 Å². The van der Waals surface area contributed by atoms with Crippen LogP contribution in [0.5, 0.6) is 0 Å². The molecule has 98 valence electrons. The summed E-state index contributed by atoms with van der Waals surface area (Å²) in [5.41, 5.74) is 1.11. The van der Waals surface area contributed by atoms with Crippen LogP contribution in [0, 0.1) is 0 Å². The van der Waals surface area contributed by atoms with Crippen molar-refractivity contribution in [2.24, 2.45) is 0 Å². The quantitative estimate of drug-likeness (QED) is 0.771. The molecule has 1 aliphatic carbocycles. The first-order valence-corrected chi connectivity index (χ1v) is 6.98. The Morgan fingerprint density at radius 2 is 1.84 bits per heavy atom. The van der Waals surface area contributed by atoms with Crippen LogP contribution in [0.2, 0.25) is 0 Å². The van der Waals surface area contributed by atoms with Gasteiger partial charge < -0.3 is 5.32 Å². The van der Waals surface area contributed by atoms with E-state index < -0.39 is 5.54 Å². The number of nitrogens with one attached hydrogen (secondary N) is 1. The topological polar surface area (TPSA) is 49.4 Å². The molecule has 2 heterocycles. The van der Waals surface area contributed by atoms with Crippen molar-refractivity contribution in [1.82, 2.24) is 10.2 Å². The number of rotatable bonds is 0. The summed E-state index contributed by atoms with van der Waals surface area (Å²) < 4.78 is 0. The molecule has 0 unspecified atom stereocenters. The predicted molar refractivity (Wildman–Crippen MR) is 69.3 cm³/mol. The van der Waals surface area contributed by atoms with E-state index in [0.29, 0.717) is 0 Å². The maximum Gasteiger partial charge on any atom is 0.257 e. The molecule has 19 heavy (non-hydrogen) atoms. The van der Waals surface area contributed by atoms with Crippen molar-refractivity contribution in [3.8, 4) is 0 Å². The van der Waals surface area contributed by atoms with Gasteiger partial charge in [-0.3, -0.25) is 14.5 Å². The molecule has 0 radical (unpaired) electrons. The van der Waals surface area contributed by atoms with Gasteiger partial charge in [-0.05, 0) is 18.9 Å². The van der Waals surface area contributed by atoms with E-state index in [1.54, 1.807) is 0 Å². The molecule has 2 aliphatic heterocycles. The van der Waals surface area contributed by atoms with Gasteiger partial charge in [0.05, 0.1) is 0 Å². The van der Waals surface area contributed by atoms with Gasteiger partial charge in [0.15, 0.2) is 0 Å². The molecule has 0 aromatic heterocycles. The van der Waals surface area contributed by atoms with Crippen LogP contribution in [0.25, 0.3) is 0 Å². The number of carbonyl (C=O) groups is 2. The Kier molecular flexibility index (Phi) is 2.08. The number of amides is 2. The summed E-state index contributed by atoms with van der Waals surface area (Å²) in [6, 6.07) is 7.61. The van der Waals surface area contributed by atoms with Gasteiger partial charge in [-0.15, -0.1) is 0 Å². The SMILES string of the molecule is O=C1c2ccccc2[C@@H]2NC(=O)C3(CCCCC3)N12. The third kappa shape index (κ3) is 1.24. The Hall–Kier alpha value is -1.84. The highest BCUT2D eigenvalue weighted by Crippen LogP contribution is 2.47. The van der Waals surface area contributed by atoms with Crippen LogP contribution in [0.1, 0.15) is 54.2 Å². The van der Waals surface area contributed by atoms with E-state index in [2.05, 4.69) is 5.32 Å². The molecule has 4 rings (SSSR count). The lowest BCUT2D eigenvalue weighted by Gasteiger charge is -2.38. The summed E-state index contributed by atoms with van der Waals surface area (Å²) in [5, 5.41) is 3.03. The number of fused-ring (bicyclic) bond motifs is 4. The normalized spacial score (nSPS) is 27.4. The molecule has 4 heteroatoms. The minimum absolute atomic E-state index is 0.0147. The number of hydrogen-bond donors (Lipinski definition) is 1. The molecule has 0 bridgehead atoms. The first-order valence-electron chi connectivity index (χ1n) is 6.98. The Bertz CT molecular complexity index is 575. The van der Waals surface area contributed by atoms with Gasteiger partial charge in [0, 0.05) is 11.1 Å². The van der Waals surface area contributed by atoms with E-state index in [0.717, 1.165) is 43.2 Å². The first-order chi connectivity index (χ1) is 9.24. The van der Waals surface area contributed by atoms with Crippen molar-refractivity contribution in [3.63, 3.8) is 0 Å². The second-order valence-corrected chi connectivity index (χ2v) is 5.73. The van der Waals surface area contributed by atoms with Crippen molar-refractivity contribution in [2.75, 3.05) is 0 Å². The highest BCUT2D eigenvalue weighted by atomic mass is 16.2. The lowest BCUT2D eigenvalue weighted by molar-refractivity contribution is -0.127. The summed E-state index contributed by atoms with van der Waals surface area (Å²) >= 11 is 0. The van der Waals surface area contributed by atoms with E-state index in [-0.39, 0.29) is 18.0 Å². The smallest absolute Gasteiger partial charge is 0.257 e. The Balaban J connectivity index is 1.84. The molecule has 1 aromatic rings. The summed E-state index contributed by atoms with van der Waals surface area (Å²) in [6.45, 7) is 0. The standard InChI is InChI=1S/C15H16N2O2/c18-13-11-7-3-2-6-10(11)12-16-14(19)15(17(12)13)8-4-1-5-9-15/h2-3,6-7,12H,1,4-5,8-9H2,(H,16,19)/t12-/m1/s1. The van der Waals surface area contributed by atoms with Gasteiger partial charge in [-0.2, -0.15) is 0 Å². The lowest BCUT2D eigenvalue weighted by Crippen LogP contribution is -2.51. The summed E-state index contributed by atoms with van der Waals surface area (Å²) in [6.07, 6.45) is 4.58. The molecule has 1 saturated carbocycles. The molecule has 1 aromatic carbocycles. The number of hydrogen-bond acceptors (Lipinski definition) is 2. The molecule has 3 aliphatic rings. The van der Waals surface area contributed by atoms with E-state index in [1.165, 1.54) is 0 Å². The molecular weight excluding hydrogens is 240 g/mol. The molecule has 4 nitrogen and oxygen atoms in total. The lowest BCUT2D eigenvalue weighted by atomic mass is 9.80. The largest absolute Gasteiger partial charge is 0.330 e. The molecule has 1 N–H and O–H groups in total. The van der Waals surface area contributed by atoms with Crippen LogP contribution in [0.15, 0.2) is 24.3 Å². The van der Waals surface area contributed by atoms with Crippen molar-refractivity contribution in [3.05, 3.63) is 35.4 Å². The monoisotopic (exact) mass is 256 g/mol. The highest BCUT2D eigenvalue weighted by Gasteiger charge is 2.59. The van der Waals surface area contributed by atoms with Crippen LogP contribution in [-0.2, 0) is 4.79 Å². The van der Waals surface area contributed by atoms with Crippen LogP contribution in [0.4, 0.5) is 0 Å². The van der Waals surface area contributed by atoms with E-state index in [1.807, 2.05) is 29.2 Å². The summed E-state index contributed by atoms with van der Waals surface area (Å²) in [7, 11) is 0. The number of carbonyl (C=O) groups excluding carboxylic acids is 2. The minimum Gasteiger partial charge on any atom is -0.330 e. The maximum absolute atomic E-state index is 12.6. The second kappa shape index (κ2) is 3.59. The molecule has 2 fully saturated rings. The Labute approximate surface area is 111 Å². The van der Waals surface area contributed by atoms with E-state index in [9.17, 15) is 9.59 Å². The number of nitrogens with zero attached hydrogens (tertiary/aromatic N) is 1. The Morgan fingerprint density at radius 1 is 1.11 bits per heavy atom. The summed E-state index contributed by atoms with van der Waals surface area (Å²) in [5.74, 6) is 0.0564. The predicted octanol–water partition coefficient (Wildman–Crippen LogP) is 1.97. The van der Waals surface area contributed by atoms with Gasteiger partial charge in [0.25, 0.3) is 5.91 Å². The zero-order valence-electron chi connectivity index (χ0n) is 10.7. The second-order valence-electron chi connectivity index (χ2n) is 5.73. The zero-order chi connectivity index (χ0) is 13.0. The average molecular weight is 256 g/mol. The van der Waals surface area contributed by atoms with Gasteiger partial charge >= 0.3 is 0 Å². The van der Waals surface area contributed by atoms with Gasteiger partial charge in [-0.1, -0.05) is 37.5 Å². The minimum atomic E-state index is -0.584. The van der Waals surface area contributed by atoms with Crippen molar-refractivity contribution in [1.29, 1.82) is 0 Å². The van der Waals surface area contributed by atoms with E-state index in [4.69, 9.17) is 0 Å². The zero-order valence-corrected chi connectivity index (χ0v) is 10.7. The third-order valence-corrected chi connectivity index (χ3v) is 4.80. The number of benzene rings is 1. The molecule has 1 atom stereocenters. The van der Waals surface area contributed by atoms with Crippen LogP contribution in [0.3, 0.4) is 0 Å². The van der Waals surface area contributed by atoms with Crippen LogP contribution < -0.4 is 5.32 Å².